The average molecular weight is 458 g/mol. The first-order chi connectivity index (χ1) is 15.2. The Morgan fingerprint density at radius 2 is 1.75 bits per heavy atom. The number of fused-ring (bicyclic) bond motifs is 1. The van der Waals surface area contributed by atoms with Crippen molar-refractivity contribution in [2.24, 2.45) is 0 Å². The van der Waals surface area contributed by atoms with Gasteiger partial charge in [-0.25, -0.2) is 8.42 Å². The minimum atomic E-state index is -3.55. The van der Waals surface area contributed by atoms with E-state index in [1.54, 1.807) is 23.1 Å². The number of aryl methyl sites for hydroxylation is 1. The van der Waals surface area contributed by atoms with Crippen LogP contribution < -0.4 is 10.2 Å². The van der Waals surface area contributed by atoms with Gasteiger partial charge in [0, 0.05) is 32.2 Å². The second-order valence-electron chi connectivity index (χ2n) is 8.04. The van der Waals surface area contributed by atoms with Crippen molar-refractivity contribution in [3.63, 3.8) is 0 Å². The lowest BCUT2D eigenvalue weighted by Crippen LogP contribution is -2.35. The zero-order valence-corrected chi connectivity index (χ0v) is 19.9. The molecule has 0 radical (unpaired) electrons. The van der Waals surface area contributed by atoms with Gasteiger partial charge in [-0.3, -0.25) is 9.59 Å². The molecule has 1 unspecified atom stereocenters. The van der Waals surface area contributed by atoms with Crippen LogP contribution in [0, 0.1) is 6.92 Å². The molecule has 0 saturated heterocycles. The largest absolute Gasteiger partial charge is 0.349 e. The van der Waals surface area contributed by atoms with Gasteiger partial charge in [0.1, 0.15) is 0 Å². The SMILES string of the molecule is CCN(CC)S(=O)(=O)c1ccc2c(c1)CCN2C(=O)CC(NC(C)=O)c1ccc(C)cc1. The number of rotatable bonds is 8. The summed E-state index contributed by atoms with van der Waals surface area (Å²) < 4.78 is 27.1. The Morgan fingerprint density at radius 1 is 1.09 bits per heavy atom. The van der Waals surface area contributed by atoms with Crippen molar-refractivity contribution in [1.29, 1.82) is 0 Å². The van der Waals surface area contributed by atoms with Crippen molar-refractivity contribution in [1.82, 2.24) is 9.62 Å². The van der Waals surface area contributed by atoms with E-state index in [4.69, 9.17) is 0 Å². The van der Waals surface area contributed by atoms with Crippen molar-refractivity contribution in [2.45, 2.75) is 51.5 Å². The first kappa shape index (κ1) is 23.9. The maximum Gasteiger partial charge on any atom is 0.243 e. The molecule has 1 aliphatic heterocycles. The van der Waals surface area contributed by atoms with Gasteiger partial charge in [0.05, 0.1) is 17.4 Å². The number of nitrogens with one attached hydrogen (secondary N) is 1. The lowest BCUT2D eigenvalue weighted by molar-refractivity contribution is -0.121. The molecule has 0 aliphatic carbocycles. The normalized spacial score (nSPS) is 14.3. The molecule has 0 bridgehead atoms. The molecule has 2 aromatic carbocycles. The second kappa shape index (κ2) is 9.83. The molecule has 32 heavy (non-hydrogen) atoms. The van der Waals surface area contributed by atoms with Gasteiger partial charge in [-0.15, -0.1) is 0 Å². The highest BCUT2D eigenvalue weighted by molar-refractivity contribution is 7.89. The minimum Gasteiger partial charge on any atom is -0.349 e. The summed E-state index contributed by atoms with van der Waals surface area (Å²) in [5, 5.41) is 2.88. The van der Waals surface area contributed by atoms with Gasteiger partial charge in [-0.2, -0.15) is 4.31 Å². The van der Waals surface area contributed by atoms with E-state index in [0.717, 1.165) is 22.4 Å². The molecule has 1 N–H and O–H groups in total. The van der Waals surface area contributed by atoms with E-state index >= 15 is 0 Å². The number of amides is 2. The molecule has 1 aliphatic rings. The van der Waals surface area contributed by atoms with E-state index in [-0.39, 0.29) is 23.1 Å². The number of sulfonamides is 1. The van der Waals surface area contributed by atoms with Crippen LogP contribution in [0.3, 0.4) is 0 Å². The predicted octanol–water partition coefficient (Wildman–Crippen LogP) is 3.18. The summed E-state index contributed by atoms with van der Waals surface area (Å²) in [6, 6.07) is 12.3. The van der Waals surface area contributed by atoms with Crippen molar-refractivity contribution in [3.8, 4) is 0 Å². The topological polar surface area (TPSA) is 86.8 Å². The average Bonchev–Trinajstić information content (AvgIpc) is 3.17. The molecule has 0 aromatic heterocycles. The zero-order valence-electron chi connectivity index (χ0n) is 19.1. The molecular formula is C24H31N3O4S. The van der Waals surface area contributed by atoms with Gasteiger partial charge in [0.15, 0.2) is 0 Å². The quantitative estimate of drug-likeness (QED) is 0.660. The first-order valence-corrected chi connectivity index (χ1v) is 12.4. The Kier molecular flexibility index (Phi) is 7.36. The zero-order chi connectivity index (χ0) is 23.5. The monoisotopic (exact) mass is 457 g/mol. The van der Waals surface area contributed by atoms with Crippen LogP contribution >= 0.6 is 0 Å². The molecule has 172 valence electrons. The fourth-order valence-electron chi connectivity index (χ4n) is 4.09. The van der Waals surface area contributed by atoms with Crippen LogP contribution in [-0.2, 0) is 26.0 Å². The fourth-order valence-corrected chi connectivity index (χ4v) is 5.60. The Balaban J connectivity index is 1.82. The Bertz CT molecular complexity index is 1090. The van der Waals surface area contributed by atoms with Crippen molar-refractivity contribution in [2.75, 3.05) is 24.5 Å². The molecule has 2 aromatic rings. The number of hydrogen-bond donors (Lipinski definition) is 1. The molecule has 3 rings (SSSR count). The number of nitrogens with zero attached hydrogens (tertiary/aromatic N) is 2. The summed E-state index contributed by atoms with van der Waals surface area (Å²) >= 11 is 0. The molecule has 7 nitrogen and oxygen atoms in total. The van der Waals surface area contributed by atoms with Crippen LogP contribution in [0.5, 0.6) is 0 Å². The molecule has 8 heteroatoms. The van der Waals surface area contributed by atoms with E-state index in [0.29, 0.717) is 26.1 Å². The molecular weight excluding hydrogens is 426 g/mol. The van der Waals surface area contributed by atoms with E-state index in [9.17, 15) is 18.0 Å². The van der Waals surface area contributed by atoms with Crippen LogP contribution in [0.15, 0.2) is 47.4 Å². The highest BCUT2D eigenvalue weighted by Gasteiger charge is 2.30. The van der Waals surface area contributed by atoms with Crippen LogP contribution in [0.2, 0.25) is 0 Å². The summed E-state index contributed by atoms with van der Waals surface area (Å²) in [6.07, 6.45) is 0.722. The summed E-state index contributed by atoms with van der Waals surface area (Å²) in [5.41, 5.74) is 3.56. The summed E-state index contributed by atoms with van der Waals surface area (Å²) in [6.45, 7) is 8.35. The van der Waals surface area contributed by atoms with E-state index in [1.165, 1.54) is 11.2 Å². The highest BCUT2D eigenvalue weighted by atomic mass is 32.2. The van der Waals surface area contributed by atoms with E-state index in [2.05, 4.69) is 5.32 Å². The van der Waals surface area contributed by atoms with Gasteiger partial charge >= 0.3 is 0 Å². The second-order valence-corrected chi connectivity index (χ2v) is 9.98. The maximum atomic E-state index is 13.2. The summed E-state index contributed by atoms with van der Waals surface area (Å²) in [7, 11) is -3.55. The summed E-state index contributed by atoms with van der Waals surface area (Å²) in [5.74, 6) is -0.307. The molecule has 0 spiro atoms. The smallest absolute Gasteiger partial charge is 0.243 e. The van der Waals surface area contributed by atoms with Crippen LogP contribution in [0.4, 0.5) is 5.69 Å². The van der Waals surface area contributed by atoms with Gasteiger partial charge in [0.25, 0.3) is 0 Å². The Labute approximate surface area is 190 Å². The molecule has 1 heterocycles. The minimum absolute atomic E-state index is 0.109. The number of anilines is 1. The molecule has 0 saturated carbocycles. The lowest BCUT2D eigenvalue weighted by Gasteiger charge is -2.23. The fraction of sp³-hybridized carbons (Fsp3) is 0.417. The van der Waals surface area contributed by atoms with E-state index in [1.807, 2.05) is 45.0 Å². The van der Waals surface area contributed by atoms with Gasteiger partial charge in [-0.1, -0.05) is 43.7 Å². The van der Waals surface area contributed by atoms with Gasteiger partial charge in [-0.05, 0) is 42.7 Å². The highest BCUT2D eigenvalue weighted by Crippen LogP contribution is 2.32. The number of carbonyl (C=O) groups excluding carboxylic acids is 2. The van der Waals surface area contributed by atoms with E-state index < -0.39 is 16.1 Å². The molecule has 0 fully saturated rings. The van der Waals surface area contributed by atoms with Crippen LogP contribution in [-0.4, -0.2) is 44.2 Å². The Hall–Kier alpha value is -2.71. The van der Waals surface area contributed by atoms with Crippen LogP contribution in [0.1, 0.15) is 49.9 Å². The van der Waals surface area contributed by atoms with Crippen molar-refractivity contribution in [3.05, 3.63) is 59.2 Å². The standard InChI is InChI=1S/C24H31N3O4S/c1-5-26(6-2)32(30,31)21-11-12-23-20(15-21)13-14-27(23)24(29)16-22(25-18(4)28)19-9-7-17(3)8-10-19/h7-12,15,22H,5-6,13-14,16H2,1-4H3,(H,25,28). The van der Waals surface area contributed by atoms with Gasteiger partial charge < -0.3 is 10.2 Å². The molecule has 1 atom stereocenters. The maximum absolute atomic E-state index is 13.2. The Morgan fingerprint density at radius 3 is 2.34 bits per heavy atom. The summed E-state index contributed by atoms with van der Waals surface area (Å²) in [4.78, 5) is 26.8. The van der Waals surface area contributed by atoms with Crippen LogP contribution in [0.25, 0.3) is 0 Å². The van der Waals surface area contributed by atoms with Gasteiger partial charge in [0.2, 0.25) is 21.8 Å². The number of hydrogen-bond acceptors (Lipinski definition) is 4. The number of carbonyl (C=O) groups is 2. The third kappa shape index (κ3) is 5.02. The van der Waals surface area contributed by atoms with Crippen molar-refractivity contribution < 1.29 is 18.0 Å². The predicted molar refractivity (Wildman–Crippen MR) is 125 cm³/mol. The molecule has 2 amide bonds. The third-order valence-electron chi connectivity index (χ3n) is 5.83. The third-order valence-corrected chi connectivity index (χ3v) is 7.87. The number of benzene rings is 2. The van der Waals surface area contributed by atoms with Crippen molar-refractivity contribution >= 4 is 27.5 Å². The lowest BCUT2D eigenvalue weighted by atomic mass is 10.0. The first-order valence-electron chi connectivity index (χ1n) is 10.9.